The van der Waals surface area contributed by atoms with Gasteiger partial charge in [0.2, 0.25) is 0 Å². The molecule has 5 heteroatoms. The molecule has 0 unspecified atom stereocenters. The molecule has 1 atom stereocenters. The van der Waals surface area contributed by atoms with E-state index in [9.17, 15) is 0 Å². The van der Waals surface area contributed by atoms with Crippen molar-refractivity contribution in [2.24, 2.45) is 0 Å². The Bertz CT molecular complexity index is 231. The summed E-state index contributed by atoms with van der Waals surface area (Å²) in [5, 5.41) is 11.9. The van der Waals surface area contributed by atoms with Gasteiger partial charge >= 0.3 is 0 Å². The van der Waals surface area contributed by atoms with Crippen molar-refractivity contribution >= 4 is 0 Å². The molecule has 1 spiro atoms. The Morgan fingerprint density at radius 1 is 1.22 bits per heavy atom. The zero-order valence-electron chi connectivity index (χ0n) is 11.0. The van der Waals surface area contributed by atoms with Crippen molar-refractivity contribution in [3.8, 4) is 0 Å². The highest BCUT2D eigenvalue weighted by Crippen LogP contribution is 2.37. The fourth-order valence-corrected chi connectivity index (χ4v) is 2.64. The van der Waals surface area contributed by atoms with Gasteiger partial charge in [-0.15, -0.1) is 0 Å². The summed E-state index contributed by atoms with van der Waals surface area (Å²) in [6.07, 6.45) is 6.00. The minimum atomic E-state index is -0.266. The van der Waals surface area contributed by atoms with Crippen LogP contribution in [0.25, 0.3) is 0 Å². The maximum absolute atomic E-state index is 8.55. The maximum atomic E-state index is 8.55. The van der Waals surface area contributed by atoms with E-state index in [-0.39, 0.29) is 18.5 Å². The number of aliphatic hydroxyl groups is 1. The minimum Gasteiger partial charge on any atom is -0.394 e. The first kappa shape index (κ1) is 14.2. The molecule has 18 heavy (non-hydrogen) atoms. The van der Waals surface area contributed by atoms with Crippen molar-refractivity contribution < 1.29 is 19.3 Å². The summed E-state index contributed by atoms with van der Waals surface area (Å²) in [4.78, 5) is 0. The Labute approximate surface area is 109 Å². The van der Waals surface area contributed by atoms with E-state index in [1.165, 1.54) is 19.3 Å². The molecule has 1 aliphatic carbocycles. The number of hydrogen-bond donors (Lipinski definition) is 2. The molecule has 5 nitrogen and oxygen atoms in total. The molecule has 1 heterocycles. The van der Waals surface area contributed by atoms with E-state index in [2.05, 4.69) is 5.32 Å². The number of aliphatic hydroxyl groups excluding tert-OH is 1. The van der Waals surface area contributed by atoms with Crippen LogP contribution in [0.3, 0.4) is 0 Å². The zero-order chi connectivity index (χ0) is 12.7. The van der Waals surface area contributed by atoms with Gasteiger partial charge in [-0.1, -0.05) is 6.42 Å². The molecule has 2 fully saturated rings. The van der Waals surface area contributed by atoms with E-state index >= 15 is 0 Å². The second-order valence-electron chi connectivity index (χ2n) is 5.06. The summed E-state index contributed by atoms with van der Waals surface area (Å²) < 4.78 is 17.1. The van der Waals surface area contributed by atoms with E-state index in [0.29, 0.717) is 19.8 Å². The molecule has 0 amide bonds. The van der Waals surface area contributed by atoms with Gasteiger partial charge in [0, 0.05) is 25.9 Å². The molecule has 0 bridgehead atoms. The molecule has 1 aliphatic heterocycles. The van der Waals surface area contributed by atoms with Crippen LogP contribution < -0.4 is 5.32 Å². The molecule has 0 aromatic rings. The summed E-state index contributed by atoms with van der Waals surface area (Å²) >= 11 is 0. The first-order valence-electron chi connectivity index (χ1n) is 7.06. The van der Waals surface area contributed by atoms with Gasteiger partial charge in [0.1, 0.15) is 0 Å². The normalized spacial score (nSPS) is 26.8. The molecule has 0 radical (unpaired) electrons. The van der Waals surface area contributed by atoms with Crippen molar-refractivity contribution in [3.05, 3.63) is 0 Å². The Morgan fingerprint density at radius 2 is 2.06 bits per heavy atom. The smallest absolute Gasteiger partial charge is 0.168 e. The Hall–Kier alpha value is -0.200. The third kappa shape index (κ3) is 4.17. The molecule has 0 aromatic heterocycles. The van der Waals surface area contributed by atoms with Crippen LogP contribution in [0.1, 0.15) is 32.1 Å². The highest BCUT2D eigenvalue weighted by Gasteiger charge is 2.41. The van der Waals surface area contributed by atoms with E-state index in [4.69, 9.17) is 19.3 Å². The van der Waals surface area contributed by atoms with Crippen LogP contribution >= 0.6 is 0 Å². The van der Waals surface area contributed by atoms with Crippen molar-refractivity contribution in [2.75, 3.05) is 39.5 Å². The minimum absolute atomic E-state index is 0.0854. The third-order valence-corrected chi connectivity index (χ3v) is 3.56. The van der Waals surface area contributed by atoms with Gasteiger partial charge in [-0.3, -0.25) is 0 Å². The fraction of sp³-hybridized carbons (Fsp3) is 1.00. The van der Waals surface area contributed by atoms with Crippen LogP contribution in [0.5, 0.6) is 0 Å². The molecular weight excluding hydrogens is 234 g/mol. The molecule has 2 N–H and O–H groups in total. The Balaban J connectivity index is 1.55. The van der Waals surface area contributed by atoms with Gasteiger partial charge in [-0.2, -0.15) is 0 Å². The molecule has 0 aromatic carbocycles. The Kier molecular flexibility index (Phi) is 5.85. The van der Waals surface area contributed by atoms with Gasteiger partial charge in [0.15, 0.2) is 5.79 Å². The lowest BCUT2D eigenvalue weighted by Crippen LogP contribution is -2.36. The van der Waals surface area contributed by atoms with E-state index in [0.717, 1.165) is 25.9 Å². The monoisotopic (exact) mass is 259 g/mol. The zero-order valence-corrected chi connectivity index (χ0v) is 11.0. The first-order valence-corrected chi connectivity index (χ1v) is 7.06. The number of hydrogen-bond acceptors (Lipinski definition) is 5. The average Bonchev–Trinajstić information content (AvgIpc) is 2.78. The summed E-state index contributed by atoms with van der Waals surface area (Å²) in [6, 6.07) is 0. The van der Waals surface area contributed by atoms with Crippen LogP contribution in [0, 0.1) is 0 Å². The fourth-order valence-electron chi connectivity index (χ4n) is 2.64. The molecule has 1 saturated heterocycles. The van der Waals surface area contributed by atoms with Crippen LogP contribution in [0.2, 0.25) is 0 Å². The predicted molar refractivity (Wildman–Crippen MR) is 67.4 cm³/mol. The SMILES string of the molecule is OCCOCCNC[C@@H]1COC2(CCCCC2)O1. The van der Waals surface area contributed by atoms with Crippen LogP contribution in [-0.2, 0) is 14.2 Å². The van der Waals surface area contributed by atoms with E-state index < -0.39 is 0 Å². The summed E-state index contributed by atoms with van der Waals surface area (Å²) in [7, 11) is 0. The number of rotatable bonds is 7. The lowest BCUT2D eigenvalue weighted by molar-refractivity contribution is -0.186. The summed E-state index contributed by atoms with van der Waals surface area (Å²) in [6.45, 7) is 3.41. The third-order valence-electron chi connectivity index (χ3n) is 3.56. The molecule has 2 rings (SSSR count). The second kappa shape index (κ2) is 7.40. The Morgan fingerprint density at radius 3 is 2.83 bits per heavy atom. The molecule has 106 valence electrons. The number of nitrogens with one attached hydrogen (secondary N) is 1. The second-order valence-corrected chi connectivity index (χ2v) is 5.06. The first-order chi connectivity index (χ1) is 8.85. The molecule has 2 aliphatic rings. The van der Waals surface area contributed by atoms with Crippen molar-refractivity contribution in [1.29, 1.82) is 0 Å². The highest BCUT2D eigenvalue weighted by atomic mass is 16.7. The molecule has 1 saturated carbocycles. The van der Waals surface area contributed by atoms with Crippen LogP contribution in [0.15, 0.2) is 0 Å². The predicted octanol–water partition coefficient (Wildman–Crippen LogP) is 0.661. The van der Waals surface area contributed by atoms with E-state index in [1.54, 1.807) is 0 Å². The van der Waals surface area contributed by atoms with Gasteiger partial charge in [-0.25, -0.2) is 0 Å². The quantitative estimate of drug-likeness (QED) is 0.658. The summed E-state index contributed by atoms with van der Waals surface area (Å²) in [5.74, 6) is -0.266. The van der Waals surface area contributed by atoms with Crippen molar-refractivity contribution in [3.63, 3.8) is 0 Å². The van der Waals surface area contributed by atoms with Gasteiger partial charge < -0.3 is 24.6 Å². The summed E-state index contributed by atoms with van der Waals surface area (Å²) in [5.41, 5.74) is 0. The van der Waals surface area contributed by atoms with Crippen molar-refractivity contribution in [1.82, 2.24) is 5.32 Å². The van der Waals surface area contributed by atoms with Crippen LogP contribution in [-0.4, -0.2) is 56.5 Å². The average molecular weight is 259 g/mol. The standard InChI is InChI=1S/C13H25NO4/c15-7-9-16-8-6-14-10-12-11-17-13(18-12)4-2-1-3-5-13/h12,14-15H,1-11H2/t12-/m1/s1. The van der Waals surface area contributed by atoms with Crippen molar-refractivity contribution in [2.45, 2.75) is 44.0 Å². The maximum Gasteiger partial charge on any atom is 0.168 e. The van der Waals surface area contributed by atoms with Gasteiger partial charge in [0.05, 0.1) is 32.5 Å². The lowest BCUT2D eigenvalue weighted by atomic mass is 9.94. The topological polar surface area (TPSA) is 60.0 Å². The molecular formula is C13H25NO4. The largest absolute Gasteiger partial charge is 0.394 e. The highest BCUT2D eigenvalue weighted by molar-refractivity contribution is 4.83. The van der Waals surface area contributed by atoms with Crippen LogP contribution in [0.4, 0.5) is 0 Å². The lowest BCUT2D eigenvalue weighted by Gasteiger charge is -2.31. The van der Waals surface area contributed by atoms with Gasteiger partial charge in [0.25, 0.3) is 0 Å². The number of ether oxygens (including phenoxy) is 3. The van der Waals surface area contributed by atoms with Gasteiger partial charge in [-0.05, 0) is 12.8 Å². The van der Waals surface area contributed by atoms with E-state index in [1.807, 2.05) is 0 Å².